The Morgan fingerprint density at radius 1 is 1.03 bits per heavy atom. The lowest BCUT2D eigenvalue weighted by Crippen LogP contribution is -2.31. The second-order valence-electron chi connectivity index (χ2n) is 8.29. The lowest BCUT2D eigenvalue weighted by Gasteiger charge is -2.12. The van der Waals surface area contributed by atoms with Crippen molar-refractivity contribution in [2.45, 2.75) is 13.8 Å². The molecule has 5 rings (SSSR count). The van der Waals surface area contributed by atoms with Crippen molar-refractivity contribution in [1.82, 2.24) is 19.3 Å². The molecule has 2 aromatic heterocycles. The summed E-state index contributed by atoms with van der Waals surface area (Å²) in [6.07, 6.45) is 1.19. The first kappa shape index (κ1) is 23.4. The van der Waals surface area contributed by atoms with Crippen LogP contribution in [0.2, 0.25) is 0 Å². The highest BCUT2D eigenvalue weighted by Crippen LogP contribution is 2.28. The molecule has 0 aliphatic rings. The highest BCUT2D eigenvalue weighted by molar-refractivity contribution is 5.91. The van der Waals surface area contributed by atoms with Gasteiger partial charge >= 0.3 is 5.69 Å². The molecule has 0 radical (unpaired) electrons. The molecule has 2 heterocycles. The largest absolute Gasteiger partial charge is 0.493 e. The summed E-state index contributed by atoms with van der Waals surface area (Å²) >= 11 is 0. The van der Waals surface area contributed by atoms with Gasteiger partial charge in [0.1, 0.15) is 11.3 Å². The number of aliphatic imine (C=N–C) groups is 1. The number of aromatic amines is 1. The van der Waals surface area contributed by atoms with E-state index in [9.17, 15) is 24.8 Å². The highest BCUT2D eigenvalue weighted by atomic mass is 16.6. The Balaban J connectivity index is 1.59. The smallest absolute Gasteiger partial charge is 0.335 e. The fourth-order valence-electron chi connectivity index (χ4n) is 4.20. The summed E-state index contributed by atoms with van der Waals surface area (Å²) in [7, 11) is 0. The normalized spacial score (nSPS) is 11.4. The van der Waals surface area contributed by atoms with Gasteiger partial charge in [0.25, 0.3) is 11.2 Å². The maximum Gasteiger partial charge on any atom is 0.335 e. The van der Waals surface area contributed by atoms with Crippen molar-refractivity contribution < 1.29 is 10.0 Å². The molecule has 0 atom stereocenters. The second-order valence-corrected chi connectivity index (χ2v) is 8.29. The highest BCUT2D eigenvalue weighted by Gasteiger charge is 2.18. The van der Waals surface area contributed by atoms with Gasteiger partial charge < -0.3 is 5.11 Å². The minimum Gasteiger partial charge on any atom is -0.493 e. The van der Waals surface area contributed by atoms with Crippen molar-refractivity contribution in [1.29, 1.82) is 0 Å². The van der Waals surface area contributed by atoms with Crippen molar-refractivity contribution in [3.8, 4) is 17.3 Å². The van der Waals surface area contributed by atoms with Crippen LogP contribution in [0.4, 0.5) is 11.4 Å². The molecular formula is C26H20N6O5. The molecule has 0 fully saturated rings. The Kier molecular flexibility index (Phi) is 5.72. The first-order chi connectivity index (χ1) is 17.8. The molecule has 0 saturated carbocycles. The van der Waals surface area contributed by atoms with Crippen molar-refractivity contribution in [3.63, 3.8) is 0 Å². The van der Waals surface area contributed by atoms with Gasteiger partial charge in [-0.1, -0.05) is 36.4 Å². The first-order valence-corrected chi connectivity index (χ1v) is 11.2. The van der Waals surface area contributed by atoms with Crippen LogP contribution in [0.3, 0.4) is 0 Å². The number of fused-ring (bicyclic) bond motifs is 1. The number of H-pyrrole nitrogens is 1. The van der Waals surface area contributed by atoms with E-state index >= 15 is 0 Å². The van der Waals surface area contributed by atoms with E-state index in [2.05, 4.69) is 15.1 Å². The van der Waals surface area contributed by atoms with Crippen LogP contribution >= 0.6 is 0 Å². The van der Waals surface area contributed by atoms with E-state index in [0.717, 1.165) is 9.95 Å². The van der Waals surface area contributed by atoms with Crippen LogP contribution in [0.1, 0.15) is 17.0 Å². The van der Waals surface area contributed by atoms with Gasteiger partial charge in [0, 0.05) is 23.7 Å². The molecule has 37 heavy (non-hydrogen) atoms. The average Bonchev–Trinajstić information content (AvgIpc) is 3.17. The van der Waals surface area contributed by atoms with E-state index in [1.165, 1.54) is 18.3 Å². The maximum absolute atomic E-state index is 12.7. The SMILES string of the molecule is Cc1nn(-c2ccc([N+](=O)[O-])cc2)c(C)c1N=Cc1c(O)n(-c2cccc3ccccc23)c(=O)[nH]c1=O. The molecule has 2 N–H and O–H groups in total. The first-order valence-electron chi connectivity index (χ1n) is 11.2. The number of non-ortho nitro benzene ring substituents is 1. The van der Waals surface area contributed by atoms with Gasteiger partial charge in [-0.05, 0) is 37.4 Å². The number of nitro groups is 1. The van der Waals surface area contributed by atoms with E-state index in [1.54, 1.807) is 42.8 Å². The maximum atomic E-state index is 12.7. The molecule has 3 aromatic carbocycles. The molecule has 0 aliphatic heterocycles. The molecule has 5 aromatic rings. The van der Waals surface area contributed by atoms with E-state index in [0.29, 0.717) is 33.8 Å². The van der Waals surface area contributed by atoms with Crippen LogP contribution in [0.25, 0.3) is 22.1 Å². The summed E-state index contributed by atoms with van der Waals surface area (Å²) in [5.41, 5.74) is 0.776. The summed E-state index contributed by atoms with van der Waals surface area (Å²) in [6, 6.07) is 18.6. The summed E-state index contributed by atoms with van der Waals surface area (Å²) in [5, 5.41) is 28.0. The Morgan fingerprint density at radius 3 is 2.46 bits per heavy atom. The lowest BCUT2D eigenvalue weighted by molar-refractivity contribution is -0.384. The minimum absolute atomic E-state index is 0.0421. The number of nitrogens with zero attached hydrogens (tertiary/aromatic N) is 5. The van der Waals surface area contributed by atoms with Crippen molar-refractivity contribution in [2.24, 2.45) is 4.99 Å². The average molecular weight is 496 g/mol. The van der Waals surface area contributed by atoms with Crippen LogP contribution < -0.4 is 11.2 Å². The van der Waals surface area contributed by atoms with E-state index in [4.69, 9.17) is 0 Å². The van der Waals surface area contributed by atoms with E-state index < -0.39 is 22.1 Å². The third kappa shape index (κ3) is 4.08. The van der Waals surface area contributed by atoms with Gasteiger partial charge in [-0.3, -0.25) is 24.9 Å². The Hall–Kier alpha value is -5.32. The monoisotopic (exact) mass is 496 g/mol. The zero-order valence-electron chi connectivity index (χ0n) is 19.7. The molecule has 0 spiro atoms. The number of aromatic nitrogens is 4. The van der Waals surface area contributed by atoms with Crippen LogP contribution in [0, 0.1) is 24.0 Å². The predicted molar refractivity (Wildman–Crippen MR) is 139 cm³/mol. The molecular weight excluding hydrogens is 476 g/mol. The summed E-state index contributed by atoms with van der Waals surface area (Å²) in [5.74, 6) is -0.549. The van der Waals surface area contributed by atoms with E-state index in [-0.39, 0.29) is 11.3 Å². The second kappa shape index (κ2) is 9.04. The van der Waals surface area contributed by atoms with Crippen LogP contribution in [-0.4, -0.2) is 35.6 Å². The Labute approximate surface area is 208 Å². The molecule has 0 bridgehead atoms. The lowest BCUT2D eigenvalue weighted by atomic mass is 10.1. The van der Waals surface area contributed by atoms with E-state index in [1.807, 2.05) is 30.3 Å². The number of nitrogens with one attached hydrogen (secondary N) is 1. The fraction of sp³-hybridized carbons (Fsp3) is 0.0769. The molecule has 0 amide bonds. The summed E-state index contributed by atoms with van der Waals surface area (Å²) in [4.78, 5) is 42.4. The summed E-state index contributed by atoms with van der Waals surface area (Å²) < 4.78 is 2.61. The third-order valence-electron chi connectivity index (χ3n) is 6.01. The quantitative estimate of drug-likeness (QED) is 0.214. The fourth-order valence-corrected chi connectivity index (χ4v) is 4.20. The van der Waals surface area contributed by atoms with Gasteiger partial charge in [-0.2, -0.15) is 5.10 Å². The topological polar surface area (TPSA) is 148 Å². The molecule has 0 unspecified atom stereocenters. The standard InChI is InChI=1S/C26H20N6O5/c1-15-23(16(2)31(29-15)18-10-12-19(13-11-18)32(36)37)27-14-21-24(33)28-26(35)30(25(21)34)22-9-5-7-17-6-3-4-8-20(17)22/h3-14,34H,1-2H3,(H,28,33,35). The number of aryl methyl sites for hydroxylation is 1. The van der Waals surface area contributed by atoms with Gasteiger partial charge in [0.2, 0.25) is 5.88 Å². The van der Waals surface area contributed by atoms with Crippen LogP contribution in [-0.2, 0) is 0 Å². The van der Waals surface area contributed by atoms with Crippen LogP contribution in [0.5, 0.6) is 5.88 Å². The van der Waals surface area contributed by atoms with Gasteiger partial charge in [0.05, 0.1) is 27.7 Å². The Bertz CT molecular complexity index is 1820. The zero-order valence-corrected chi connectivity index (χ0v) is 19.7. The third-order valence-corrected chi connectivity index (χ3v) is 6.01. The molecule has 0 aliphatic carbocycles. The number of hydrogen-bond donors (Lipinski definition) is 2. The van der Waals surface area contributed by atoms with Crippen LogP contribution in [0.15, 0.2) is 81.3 Å². The number of rotatable bonds is 5. The number of aromatic hydroxyl groups is 1. The molecule has 184 valence electrons. The van der Waals surface area contributed by atoms with Gasteiger partial charge in [-0.15, -0.1) is 0 Å². The van der Waals surface area contributed by atoms with Crippen molar-refractivity contribution in [3.05, 3.63) is 115 Å². The molecule has 11 nitrogen and oxygen atoms in total. The minimum atomic E-state index is -0.791. The van der Waals surface area contributed by atoms with Crippen molar-refractivity contribution in [2.75, 3.05) is 0 Å². The van der Waals surface area contributed by atoms with Crippen molar-refractivity contribution >= 4 is 28.4 Å². The van der Waals surface area contributed by atoms with Gasteiger partial charge in [-0.25, -0.2) is 14.0 Å². The predicted octanol–water partition coefficient (Wildman–Crippen LogP) is 3.85. The number of nitro benzene ring substituents is 1. The summed E-state index contributed by atoms with van der Waals surface area (Å²) in [6.45, 7) is 3.48. The Morgan fingerprint density at radius 2 is 1.73 bits per heavy atom. The molecule has 11 heteroatoms. The zero-order chi connectivity index (χ0) is 26.3. The molecule has 0 saturated heterocycles. The number of hydrogen-bond acceptors (Lipinski definition) is 7. The van der Waals surface area contributed by atoms with Gasteiger partial charge in [0.15, 0.2) is 0 Å². The number of benzene rings is 3.